The van der Waals surface area contributed by atoms with E-state index in [4.69, 9.17) is 11.6 Å². The number of hydrogen-bond donors (Lipinski definition) is 0. The molecule has 0 aliphatic heterocycles. The van der Waals surface area contributed by atoms with Crippen LogP contribution in [0.3, 0.4) is 0 Å². The van der Waals surface area contributed by atoms with E-state index in [-0.39, 0.29) is 5.78 Å². The monoisotopic (exact) mass is 409 g/mol. The highest BCUT2D eigenvalue weighted by atomic mass is 35.5. The second-order valence-electron chi connectivity index (χ2n) is 7.15. The van der Waals surface area contributed by atoms with Crippen molar-refractivity contribution in [2.24, 2.45) is 0 Å². The molecule has 0 spiro atoms. The predicted octanol–water partition coefficient (Wildman–Crippen LogP) is 5.94. The fraction of sp³-hybridized carbons (Fsp3) is 0.227. The van der Waals surface area contributed by atoms with E-state index >= 15 is 0 Å². The zero-order valence-electron chi connectivity index (χ0n) is 15.9. The highest BCUT2D eigenvalue weighted by molar-refractivity contribution is 7.99. The van der Waals surface area contributed by atoms with Gasteiger partial charge in [-0.25, -0.2) is 0 Å². The predicted molar refractivity (Wildman–Crippen MR) is 116 cm³/mol. The molecule has 0 aliphatic rings. The maximum absolute atomic E-state index is 12.6. The van der Waals surface area contributed by atoms with Crippen LogP contribution in [0.2, 0.25) is 5.02 Å². The molecule has 0 bridgehead atoms. The summed E-state index contributed by atoms with van der Waals surface area (Å²) in [5, 5.41) is 11.0. The number of halogens is 1. The molecule has 0 atom stereocenters. The third-order valence-corrected chi connectivity index (χ3v) is 6.02. The number of fused-ring (bicyclic) bond motifs is 3. The summed E-state index contributed by atoms with van der Waals surface area (Å²) in [4.78, 5) is 12.6. The van der Waals surface area contributed by atoms with Gasteiger partial charge in [-0.3, -0.25) is 9.20 Å². The van der Waals surface area contributed by atoms with E-state index < -0.39 is 0 Å². The quantitative estimate of drug-likeness (QED) is 0.302. The van der Waals surface area contributed by atoms with E-state index in [2.05, 4.69) is 24.0 Å². The number of aryl methyl sites for hydroxylation is 1. The molecule has 0 amide bonds. The van der Waals surface area contributed by atoms with Gasteiger partial charge < -0.3 is 0 Å². The van der Waals surface area contributed by atoms with Crippen molar-refractivity contribution in [3.05, 3.63) is 70.2 Å². The number of hydrogen-bond acceptors (Lipinski definition) is 4. The third-order valence-electron chi connectivity index (χ3n) is 4.86. The standard InChI is InChI=1S/C22H20ClN3OS/c1-13(2)15-4-6-16(7-5-15)20(27)12-28-22-25-24-21-10-14(3)18-11-17(23)8-9-19(18)26(21)22/h4-11,13H,12H2,1-3H3. The Labute approximate surface area is 172 Å². The zero-order valence-corrected chi connectivity index (χ0v) is 17.5. The normalized spacial score (nSPS) is 11.6. The average molecular weight is 410 g/mol. The van der Waals surface area contributed by atoms with Gasteiger partial charge in [0.05, 0.1) is 11.3 Å². The largest absolute Gasteiger partial charge is 0.293 e. The van der Waals surface area contributed by atoms with Crippen LogP contribution >= 0.6 is 23.4 Å². The van der Waals surface area contributed by atoms with Crippen LogP contribution < -0.4 is 0 Å². The van der Waals surface area contributed by atoms with Crippen molar-refractivity contribution in [3.63, 3.8) is 0 Å². The summed E-state index contributed by atoms with van der Waals surface area (Å²) in [5.74, 6) is 0.841. The lowest BCUT2D eigenvalue weighted by atomic mass is 10.0. The van der Waals surface area contributed by atoms with E-state index in [9.17, 15) is 4.79 Å². The second-order valence-corrected chi connectivity index (χ2v) is 8.53. The molecule has 0 fully saturated rings. The number of Topliss-reactive ketones (excluding diaryl/α,β-unsaturated/α-hetero) is 1. The number of ketones is 1. The van der Waals surface area contributed by atoms with Crippen molar-refractivity contribution < 1.29 is 4.79 Å². The molecule has 0 radical (unpaired) electrons. The number of pyridine rings is 1. The lowest BCUT2D eigenvalue weighted by Gasteiger charge is -2.08. The van der Waals surface area contributed by atoms with Crippen molar-refractivity contribution in [2.75, 3.05) is 5.75 Å². The van der Waals surface area contributed by atoms with Gasteiger partial charge in [-0.15, -0.1) is 10.2 Å². The molecular weight excluding hydrogens is 390 g/mol. The van der Waals surface area contributed by atoms with Crippen molar-refractivity contribution in [2.45, 2.75) is 31.8 Å². The molecular formula is C22H20ClN3OS. The van der Waals surface area contributed by atoms with Gasteiger partial charge in [-0.05, 0) is 48.2 Å². The summed E-state index contributed by atoms with van der Waals surface area (Å²) < 4.78 is 1.98. The van der Waals surface area contributed by atoms with Crippen LogP contribution in [0.5, 0.6) is 0 Å². The van der Waals surface area contributed by atoms with Crippen LogP contribution in [0.4, 0.5) is 0 Å². The first kappa shape index (κ1) is 19.0. The zero-order chi connectivity index (χ0) is 19.8. The summed E-state index contributed by atoms with van der Waals surface area (Å²) in [6.45, 7) is 6.31. The Balaban J connectivity index is 1.62. The van der Waals surface area contributed by atoms with Crippen molar-refractivity contribution in [1.82, 2.24) is 14.6 Å². The van der Waals surface area contributed by atoms with Gasteiger partial charge in [0.25, 0.3) is 0 Å². The fourth-order valence-electron chi connectivity index (χ4n) is 3.25. The summed E-state index contributed by atoms with van der Waals surface area (Å²) in [7, 11) is 0. The van der Waals surface area contributed by atoms with Gasteiger partial charge in [0, 0.05) is 16.0 Å². The summed E-state index contributed by atoms with van der Waals surface area (Å²) in [6, 6.07) is 15.6. The molecule has 0 aliphatic carbocycles. The Hall–Kier alpha value is -2.37. The highest BCUT2D eigenvalue weighted by Gasteiger charge is 2.14. The van der Waals surface area contributed by atoms with Crippen LogP contribution in [0.15, 0.2) is 53.7 Å². The van der Waals surface area contributed by atoms with Crippen molar-refractivity contribution in [1.29, 1.82) is 0 Å². The molecule has 4 rings (SSSR count). The van der Waals surface area contributed by atoms with Crippen molar-refractivity contribution in [3.8, 4) is 0 Å². The van der Waals surface area contributed by atoms with E-state index in [0.29, 0.717) is 21.8 Å². The van der Waals surface area contributed by atoms with Crippen LogP contribution in [0.25, 0.3) is 16.6 Å². The maximum atomic E-state index is 12.6. The minimum absolute atomic E-state index is 0.0801. The second kappa shape index (κ2) is 7.57. The number of benzene rings is 2. The van der Waals surface area contributed by atoms with Gasteiger partial charge in [0.2, 0.25) is 0 Å². The van der Waals surface area contributed by atoms with E-state index in [1.807, 2.05) is 59.9 Å². The Morgan fingerprint density at radius 2 is 1.86 bits per heavy atom. The first-order chi connectivity index (χ1) is 13.4. The molecule has 6 heteroatoms. The Morgan fingerprint density at radius 3 is 2.57 bits per heavy atom. The molecule has 0 unspecified atom stereocenters. The lowest BCUT2D eigenvalue weighted by Crippen LogP contribution is -2.04. The highest BCUT2D eigenvalue weighted by Crippen LogP contribution is 2.28. The maximum Gasteiger partial charge on any atom is 0.196 e. The topological polar surface area (TPSA) is 47.3 Å². The number of carbonyl (C=O) groups excluding carboxylic acids is 1. The Morgan fingerprint density at radius 1 is 1.11 bits per heavy atom. The molecule has 4 aromatic rings. The lowest BCUT2D eigenvalue weighted by molar-refractivity contribution is 0.102. The van der Waals surface area contributed by atoms with Crippen LogP contribution in [0, 0.1) is 6.92 Å². The SMILES string of the molecule is Cc1cc2nnc(SCC(=O)c3ccc(C(C)C)cc3)n2c2ccc(Cl)cc12. The van der Waals surface area contributed by atoms with E-state index in [0.717, 1.165) is 27.7 Å². The summed E-state index contributed by atoms with van der Waals surface area (Å²) in [5.41, 5.74) is 4.80. The van der Waals surface area contributed by atoms with Gasteiger partial charge in [0.1, 0.15) is 0 Å². The van der Waals surface area contributed by atoms with Gasteiger partial charge >= 0.3 is 0 Å². The van der Waals surface area contributed by atoms with Crippen LogP contribution in [-0.4, -0.2) is 26.1 Å². The number of aromatic nitrogens is 3. The molecule has 2 aromatic carbocycles. The van der Waals surface area contributed by atoms with Gasteiger partial charge in [0.15, 0.2) is 16.6 Å². The average Bonchev–Trinajstić information content (AvgIpc) is 3.09. The molecule has 2 heterocycles. The summed E-state index contributed by atoms with van der Waals surface area (Å²) >= 11 is 7.57. The van der Waals surface area contributed by atoms with E-state index in [1.165, 1.54) is 17.3 Å². The molecule has 0 saturated carbocycles. The fourth-order valence-corrected chi connectivity index (χ4v) is 4.27. The van der Waals surface area contributed by atoms with Crippen molar-refractivity contribution >= 4 is 45.7 Å². The molecule has 0 N–H and O–H groups in total. The van der Waals surface area contributed by atoms with Crippen LogP contribution in [-0.2, 0) is 0 Å². The Kier molecular flexibility index (Phi) is 5.13. The molecule has 2 aromatic heterocycles. The molecule has 4 nitrogen and oxygen atoms in total. The first-order valence-electron chi connectivity index (χ1n) is 9.14. The third kappa shape index (κ3) is 3.52. The smallest absolute Gasteiger partial charge is 0.196 e. The Bertz CT molecular complexity index is 1180. The van der Waals surface area contributed by atoms with E-state index in [1.54, 1.807) is 0 Å². The minimum atomic E-state index is 0.0801. The summed E-state index contributed by atoms with van der Waals surface area (Å²) in [6.07, 6.45) is 0. The minimum Gasteiger partial charge on any atom is -0.293 e. The molecule has 142 valence electrons. The number of carbonyl (C=O) groups is 1. The number of rotatable bonds is 5. The number of nitrogens with zero attached hydrogens (tertiary/aromatic N) is 3. The van der Waals surface area contributed by atoms with Gasteiger partial charge in [-0.2, -0.15) is 0 Å². The van der Waals surface area contributed by atoms with Crippen LogP contribution in [0.1, 0.15) is 41.3 Å². The number of thioether (sulfide) groups is 1. The van der Waals surface area contributed by atoms with Gasteiger partial charge in [-0.1, -0.05) is 61.5 Å². The molecule has 28 heavy (non-hydrogen) atoms. The first-order valence-corrected chi connectivity index (χ1v) is 10.5. The molecule has 0 saturated heterocycles.